The van der Waals surface area contributed by atoms with Crippen LogP contribution in [-0.4, -0.2) is 29.7 Å². The minimum atomic E-state index is -0.471. The van der Waals surface area contributed by atoms with Gasteiger partial charge in [0.25, 0.3) is 0 Å². The van der Waals surface area contributed by atoms with Gasteiger partial charge in [-0.3, -0.25) is 0 Å². The molecule has 0 spiro atoms. The molecule has 0 unspecified atom stereocenters. The molecule has 1 fully saturated rings. The molecule has 0 atom stereocenters. The van der Waals surface area contributed by atoms with Gasteiger partial charge in [0.15, 0.2) is 0 Å². The molecule has 0 aromatic heterocycles. The van der Waals surface area contributed by atoms with Gasteiger partial charge in [0.2, 0.25) is 0 Å². The van der Waals surface area contributed by atoms with Crippen molar-refractivity contribution in [2.24, 2.45) is 5.92 Å². The van der Waals surface area contributed by atoms with E-state index in [0.717, 1.165) is 17.2 Å². The largest absolute Gasteiger partial charge is 0.444 e. The molecule has 4 nitrogen and oxygen atoms in total. The highest BCUT2D eigenvalue weighted by molar-refractivity contribution is 5.68. The van der Waals surface area contributed by atoms with Crippen molar-refractivity contribution in [1.29, 1.82) is 0 Å². The number of amides is 1. The summed E-state index contributed by atoms with van der Waals surface area (Å²) in [5.74, 6) is 0.895. The van der Waals surface area contributed by atoms with Gasteiger partial charge in [-0.15, -0.1) is 0 Å². The van der Waals surface area contributed by atoms with Crippen LogP contribution in [0.4, 0.5) is 10.5 Å². The van der Waals surface area contributed by atoms with E-state index < -0.39 is 5.60 Å². The number of hydrogen-bond donors (Lipinski definition) is 1. The standard InChI is InChI=1S/C21H34N2O2/c1-6-16-11-13-18(14-12-16)22-19-10-8-7-9-17(19)15-23(5)20(24)25-21(2,3)4/h7-10,16,18,22H,6,11-15H2,1-5H3. The van der Waals surface area contributed by atoms with Crippen molar-refractivity contribution in [3.05, 3.63) is 29.8 Å². The summed E-state index contributed by atoms with van der Waals surface area (Å²) < 4.78 is 5.45. The first-order valence-electron chi connectivity index (χ1n) is 9.57. The number of anilines is 1. The third-order valence-corrected chi connectivity index (χ3v) is 4.91. The van der Waals surface area contributed by atoms with E-state index in [1.54, 1.807) is 11.9 Å². The van der Waals surface area contributed by atoms with Crippen LogP contribution in [0, 0.1) is 5.92 Å². The molecule has 0 aliphatic heterocycles. The van der Waals surface area contributed by atoms with Crippen molar-refractivity contribution in [1.82, 2.24) is 4.90 Å². The number of para-hydroxylation sites is 1. The topological polar surface area (TPSA) is 41.6 Å². The van der Waals surface area contributed by atoms with Crippen LogP contribution in [-0.2, 0) is 11.3 Å². The molecule has 1 saturated carbocycles. The fraction of sp³-hybridized carbons (Fsp3) is 0.667. The fourth-order valence-electron chi connectivity index (χ4n) is 3.39. The highest BCUT2D eigenvalue weighted by atomic mass is 16.6. The van der Waals surface area contributed by atoms with E-state index >= 15 is 0 Å². The normalized spacial score (nSPS) is 20.8. The number of nitrogens with zero attached hydrogens (tertiary/aromatic N) is 1. The summed E-state index contributed by atoms with van der Waals surface area (Å²) in [4.78, 5) is 13.9. The average Bonchev–Trinajstić information content (AvgIpc) is 2.55. The van der Waals surface area contributed by atoms with Crippen molar-refractivity contribution in [2.45, 2.75) is 78.0 Å². The lowest BCUT2D eigenvalue weighted by Gasteiger charge is -2.30. The number of carbonyl (C=O) groups is 1. The summed E-state index contributed by atoms with van der Waals surface area (Å²) >= 11 is 0. The second kappa shape index (κ2) is 8.59. The van der Waals surface area contributed by atoms with Gasteiger partial charge in [0.1, 0.15) is 5.60 Å². The Morgan fingerprint density at radius 3 is 2.44 bits per heavy atom. The minimum Gasteiger partial charge on any atom is -0.444 e. The Kier molecular flexibility index (Phi) is 6.74. The third-order valence-electron chi connectivity index (χ3n) is 4.91. The lowest BCUT2D eigenvalue weighted by atomic mass is 9.84. The Bertz CT molecular complexity index is 557. The lowest BCUT2D eigenvalue weighted by molar-refractivity contribution is 0.0285. The van der Waals surface area contributed by atoms with Crippen LogP contribution in [0.15, 0.2) is 24.3 Å². The van der Waals surface area contributed by atoms with Crippen LogP contribution in [0.1, 0.15) is 65.4 Å². The monoisotopic (exact) mass is 346 g/mol. The van der Waals surface area contributed by atoms with E-state index in [-0.39, 0.29) is 6.09 Å². The van der Waals surface area contributed by atoms with Gasteiger partial charge >= 0.3 is 6.09 Å². The third kappa shape index (κ3) is 6.26. The summed E-state index contributed by atoms with van der Waals surface area (Å²) in [5, 5.41) is 3.71. The van der Waals surface area contributed by atoms with Gasteiger partial charge in [-0.1, -0.05) is 31.5 Å². The van der Waals surface area contributed by atoms with Crippen molar-refractivity contribution < 1.29 is 9.53 Å². The first-order valence-corrected chi connectivity index (χ1v) is 9.57. The minimum absolute atomic E-state index is 0.286. The predicted octanol–water partition coefficient (Wildman–Crippen LogP) is 5.43. The summed E-state index contributed by atoms with van der Waals surface area (Å²) in [6.07, 6.45) is 6.10. The molecule has 4 heteroatoms. The summed E-state index contributed by atoms with van der Waals surface area (Å²) in [6.45, 7) is 8.51. The fourth-order valence-corrected chi connectivity index (χ4v) is 3.39. The zero-order valence-electron chi connectivity index (χ0n) is 16.5. The van der Waals surface area contributed by atoms with Crippen LogP contribution in [0.2, 0.25) is 0 Å². The van der Waals surface area contributed by atoms with Gasteiger partial charge in [0, 0.05) is 18.8 Å². The van der Waals surface area contributed by atoms with Gasteiger partial charge in [0.05, 0.1) is 6.54 Å². The summed E-state index contributed by atoms with van der Waals surface area (Å²) in [5.41, 5.74) is 1.80. The molecule has 0 bridgehead atoms. The Morgan fingerprint density at radius 2 is 1.84 bits per heavy atom. The van der Waals surface area contributed by atoms with Gasteiger partial charge in [-0.25, -0.2) is 4.79 Å². The van der Waals surface area contributed by atoms with Gasteiger partial charge in [-0.2, -0.15) is 0 Å². The number of ether oxygens (including phenoxy) is 1. The zero-order chi connectivity index (χ0) is 18.4. The molecule has 0 saturated heterocycles. The smallest absolute Gasteiger partial charge is 0.410 e. The molecule has 0 radical (unpaired) electrons. The SMILES string of the molecule is CCC1CCC(Nc2ccccc2CN(C)C(=O)OC(C)(C)C)CC1. The summed E-state index contributed by atoms with van der Waals surface area (Å²) in [6, 6.07) is 8.82. The van der Waals surface area contributed by atoms with Crippen molar-refractivity contribution >= 4 is 11.8 Å². The van der Waals surface area contributed by atoms with E-state index in [1.165, 1.54) is 32.1 Å². The Balaban J connectivity index is 1.97. The average molecular weight is 347 g/mol. The maximum atomic E-state index is 12.2. The highest BCUT2D eigenvalue weighted by Gasteiger charge is 2.22. The van der Waals surface area contributed by atoms with Crippen LogP contribution in [0.3, 0.4) is 0 Å². The zero-order valence-corrected chi connectivity index (χ0v) is 16.5. The molecular weight excluding hydrogens is 312 g/mol. The molecule has 0 heterocycles. The van der Waals surface area contributed by atoms with Crippen molar-refractivity contribution in [3.63, 3.8) is 0 Å². The molecule has 1 amide bonds. The Hall–Kier alpha value is -1.71. The number of benzene rings is 1. The molecule has 1 N–H and O–H groups in total. The molecule has 1 aliphatic carbocycles. The van der Waals surface area contributed by atoms with Crippen LogP contribution in [0.25, 0.3) is 0 Å². The molecule has 140 valence electrons. The predicted molar refractivity (Wildman–Crippen MR) is 104 cm³/mol. The van der Waals surface area contributed by atoms with Crippen LogP contribution < -0.4 is 5.32 Å². The van der Waals surface area contributed by atoms with E-state index in [9.17, 15) is 4.79 Å². The maximum Gasteiger partial charge on any atom is 0.410 e. The highest BCUT2D eigenvalue weighted by Crippen LogP contribution is 2.29. The molecular formula is C21H34N2O2. The molecule has 25 heavy (non-hydrogen) atoms. The van der Waals surface area contributed by atoms with Gasteiger partial charge < -0.3 is 15.0 Å². The van der Waals surface area contributed by atoms with Crippen molar-refractivity contribution in [3.8, 4) is 0 Å². The quantitative estimate of drug-likeness (QED) is 0.772. The number of rotatable bonds is 5. The molecule has 1 aliphatic rings. The Labute approximate surface area is 152 Å². The first kappa shape index (κ1) is 19.6. The first-order chi connectivity index (χ1) is 11.8. The van der Waals surface area contributed by atoms with Crippen molar-refractivity contribution in [2.75, 3.05) is 12.4 Å². The lowest BCUT2D eigenvalue weighted by Crippen LogP contribution is -2.34. The van der Waals surface area contributed by atoms with E-state index in [0.29, 0.717) is 12.6 Å². The number of carbonyl (C=O) groups excluding carboxylic acids is 1. The molecule has 2 rings (SSSR count). The van der Waals surface area contributed by atoms with Gasteiger partial charge in [-0.05, 0) is 64.0 Å². The van der Waals surface area contributed by atoms with E-state index in [1.807, 2.05) is 26.8 Å². The second-order valence-electron chi connectivity index (χ2n) is 8.26. The second-order valence-corrected chi connectivity index (χ2v) is 8.26. The number of hydrogen-bond acceptors (Lipinski definition) is 3. The maximum absolute atomic E-state index is 12.2. The van der Waals surface area contributed by atoms with E-state index in [2.05, 4.69) is 30.4 Å². The Morgan fingerprint density at radius 1 is 1.20 bits per heavy atom. The van der Waals surface area contributed by atoms with Crippen LogP contribution in [0.5, 0.6) is 0 Å². The number of nitrogens with one attached hydrogen (secondary N) is 1. The van der Waals surface area contributed by atoms with E-state index in [4.69, 9.17) is 4.74 Å². The molecule has 1 aromatic carbocycles. The van der Waals surface area contributed by atoms with Crippen LogP contribution >= 0.6 is 0 Å². The summed E-state index contributed by atoms with van der Waals surface area (Å²) in [7, 11) is 1.79. The molecule has 1 aromatic rings.